The van der Waals surface area contributed by atoms with Crippen LogP contribution in [0.2, 0.25) is 0 Å². The summed E-state index contributed by atoms with van der Waals surface area (Å²) in [5, 5.41) is 87.8. The van der Waals surface area contributed by atoms with Gasteiger partial charge in [-0.2, -0.15) is 0 Å². The fourth-order valence-electron chi connectivity index (χ4n) is 14.3. The molecule has 0 aromatic rings. The van der Waals surface area contributed by atoms with Crippen molar-refractivity contribution in [3.05, 3.63) is 60.8 Å². The summed E-state index contributed by atoms with van der Waals surface area (Å²) in [6.45, 7) is 2.83. The zero-order valence-electron chi connectivity index (χ0n) is 65.9. The van der Waals surface area contributed by atoms with Crippen molar-refractivity contribution in [2.75, 3.05) is 19.8 Å². The Kier molecular flexibility index (Phi) is 67.2. The summed E-state index contributed by atoms with van der Waals surface area (Å²) in [5.74, 6) is -0.242. The highest BCUT2D eigenvalue weighted by molar-refractivity contribution is 5.76. The van der Waals surface area contributed by atoms with Gasteiger partial charge in [0.25, 0.3) is 0 Å². The fraction of sp³-hybridized carbons (Fsp3) is 0.875. The molecular weight excluding hydrogens is 1280 g/mol. The van der Waals surface area contributed by atoms with Gasteiger partial charge in [-0.3, -0.25) is 4.79 Å². The van der Waals surface area contributed by atoms with E-state index in [4.69, 9.17) is 18.9 Å². The minimum absolute atomic E-state index is 0.242. The monoisotopic (exact) mass is 1440 g/mol. The van der Waals surface area contributed by atoms with E-state index in [0.29, 0.717) is 12.8 Å². The van der Waals surface area contributed by atoms with Crippen LogP contribution in [0.4, 0.5) is 0 Å². The van der Waals surface area contributed by atoms with E-state index in [-0.39, 0.29) is 18.9 Å². The molecular formula is C88H163NO13. The first-order chi connectivity index (χ1) is 50.1. The van der Waals surface area contributed by atoms with Crippen molar-refractivity contribution in [3.63, 3.8) is 0 Å². The summed E-state index contributed by atoms with van der Waals surface area (Å²) in [6, 6.07) is -0.934. The van der Waals surface area contributed by atoms with Crippen LogP contribution in [-0.2, 0) is 23.7 Å². The molecule has 2 rings (SSSR count). The molecule has 14 nitrogen and oxygen atoms in total. The standard InChI is InChI=1S/C88H163NO13/c1-3-5-7-9-11-13-15-17-19-21-23-25-27-29-31-33-34-35-36-37-38-39-40-41-42-44-46-48-50-52-54-56-58-60-62-64-66-68-70-72-80(93)89-76(75-99-87-85(98)83(96)86(79(74-91)101-87)102-88-84(97)82(95)81(94)78(73-90)100-88)77(92)71-69-67-65-63-61-59-57-55-53-51-49-47-45-43-32-30-28-26-24-22-20-18-16-14-12-10-8-6-4-2/h15,17,21,23,27,29,61,63,69,71,76-79,81-88,90-92,94-98H,3-14,16,18-20,22,24-26,28,30-60,62,64-68,70,72-75H2,1-2H3,(H,89,93)/b17-15-,23-21-,29-27-,63-61+,71-69+. The molecule has 0 spiro atoms. The maximum atomic E-state index is 13.4. The third kappa shape index (κ3) is 53.5. The zero-order chi connectivity index (χ0) is 73.7. The Morgan fingerprint density at radius 2 is 0.657 bits per heavy atom. The summed E-state index contributed by atoms with van der Waals surface area (Å²) < 4.78 is 22.9. The van der Waals surface area contributed by atoms with Crippen LogP contribution in [0, 0.1) is 0 Å². The predicted octanol–water partition coefficient (Wildman–Crippen LogP) is 20.7. The van der Waals surface area contributed by atoms with Crippen molar-refractivity contribution >= 4 is 5.91 Å². The number of carbonyl (C=O) groups excluding carboxylic acids is 1. The van der Waals surface area contributed by atoms with E-state index in [0.717, 1.165) is 44.9 Å². The molecule has 0 aromatic heterocycles. The number of unbranched alkanes of at least 4 members (excludes halogenated alkanes) is 53. The van der Waals surface area contributed by atoms with Crippen molar-refractivity contribution < 1.29 is 64.6 Å². The highest BCUT2D eigenvalue weighted by Crippen LogP contribution is 2.30. The Balaban J connectivity index is 1.58. The van der Waals surface area contributed by atoms with E-state index in [1.165, 1.54) is 321 Å². The summed E-state index contributed by atoms with van der Waals surface area (Å²) in [6.07, 6.45) is 81.9. The van der Waals surface area contributed by atoms with Crippen LogP contribution in [0.25, 0.3) is 0 Å². The molecule has 9 N–H and O–H groups in total. The summed E-state index contributed by atoms with van der Waals surface area (Å²) in [7, 11) is 0. The van der Waals surface area contributed by atoms with Crippen LogP contribution < -0.4 is 5.32 Å². The molecule has 598 valence electrons. The van der Waals surface area contributed by atoms with Gasteiger partial charge in [0.2, 0.25) is 5.91 Å². The molecule has 12 unspecified atom stereocenters. The topological polar surface area (TPSA) is 228 Å². The van der Waals surface area contributed by atoms with Gasteiger partial charge in [0.15, 0.2) is 12.6 Å². The number of nitrogens with one attached hydrogen (secondary N) is 1. The highest BCUT2D eigenvalue weighted by Gasteiger charge is 2.51. The van der Waals surface area contributed by atoms with Gasteiger partial charge in [-0.05, 0) is 70.6 Å². The first kappa shape index (κ1) is 95.8. The van der Waals surface area contributed by atoms with Gasteiger partial charge in [-0.25, -0.2) is 0 Å². The molecule has 0 bridgehead atoms. The Hall–Kier alpha value is -2.31. The lowest BCUT2D eigenvalue weighted by Crippen LogP contribution is -2.65. The molecule has 0 aliphatic carbocycles. The maximum absolute atomic E-state index is 13.4. The Labute approximate surface area is 626 Å². The number of amides is 1. The first-order valence-corrected chi connectivity index (χ1v) is 43.5. The van der Waals surface area contributed by atoms with Crippen LogP contribution in [-0.4, -0.2) is 140 Å². The van der Waals surface area contributed by atoms with E-state index in [1.54, 1.807) is 6.08 Å². The van der Waals surface area contributed by atoms with E-state index in [2.05, 4.69) is 67.8 Å². The lowest BCUT2D eigenvalue weighted by atomic mass is 9.97. The van der Waals surface area contributed by atoms with Gasteiger partial charge in [-0.1, -0.05) is 383 Å². The van der Waals surface area contributed by atoms with Crippen LogP contribution in [0.3, 0.4) is 0 Å². The first-order valence-electron chi connectivity index (χ1n) is 43.5. The zero-order valence-corrected chi connectivity index (χ0v) is 65.9. The second-order valence-electron chi connectivity index (χ2n) is 30.7. The lowest BCUT2D eigenvalue weighted by molar-refractivity contribution is -0.359. The number of rotatable bonds is 74. The van der Waals surface area contributed by atoms with Gasteiger partial charge < -0.3 is 65.1 Å². The van der Waals surface area contributed by atoms with Gasteiger partial charge in [-0.15, -0.1) is 0 Å². The second kappa shape index (κ2) is 71.6. The van der Waals surface area contributed by atoms with Crippen LogP contribution >= 0.6 is 0 Å². The Morgan fingerprint density at radius 3 is 1.03 bits per heavy atom. The lowest BCUT2D eigenvalue weighted by Gasteiger charge is -2.46. The fourth-order valence-corrected chi connectivity index (χ4v) is 14.3. The number of aliphatic hydroxyl groups excluding tert-OH is 8. The van der Waals surface area contributed by atoms with Crippen molar-refractivity contribution in [2.24, 2.45) is 0 Å². The Morgan fingerprint density at radius 1 is 0.353 bits per heavy atom. The van der Waals surface area contributed by atoms with Crippen molar-refractivity contribution in [1.82, 2.24) is 5.32 Å². The van der Waals surface area contributed by atoms with Gasteiger partial charge in [0, 0.05) is 6.42 Å². The van der Waals surface area contributed by atoms with E-state index >= 15 is 0 Å². The minimum atomic E-state index is -1.79. The maximum Gasteiger partial charge on any atom is 0.220 e. The molecule has 2 fully saturated rings. The summed E-state index contributed by atoms with van der Waals surface area (Å²) in [4.78, 5) is 13.4. The molecule has 102 heavy (non-hydrogen) atoms. The summed E-state index contributed by atoms with van der Waals surface area (Å²) >= 11 is 0. The van der Waals surface area contributed by atoms with Gasteiger partial charge >= 0.3 is 0 Å². The largest absolute Gasteiger partial charge is 0.394 e. The number of allylic oxidation sites excluding steroid dienone is 9. The molecule has 1 amide bonds. The molecule has 0 aromatic carbocycles. The third-order valence-corrected chi connectivity index (χ3v) is 21.2. The van der Waals surface area contributed by atoms with Crippen LogP contribution in [0.1, 0.15) is 399 Å². The molecule has 14 heteroatoms. The number of hydrogen-bond acceptors (Lipinski definition) is 13. The highest BCUT2D eigenvalue weighted by atomic mass is 16.7. The molecule has 12 atom stereocenters. The molecule has 2 saturated heterocycles. The van der Waals surface area contributed by atoms with Crippen molar-refractivity contribution in [1.29, 1.82) is 0 Å². The van der Waals surface area contributed by atoms with Crippen molar-refractivity contribution in [3.8, 4) is 0 Å². The van der Waals surface area contributed by atoms with Crippen LogP contribution in [0.15, 0.2) is 60.8 Å². The van der Waals surface area contributed by atoms with Crippen LogP contribution in [0.5, 0.6) is 0 Å². The quantitative estimate of drug-likeness (QED) is 0.0204. The molecule has 2 aliphatic rings. The van der Waals surface area contributed by atoms with E-state index in [9.17, 15) is 45.6 Å². The Bertz CT molecular complexity index is 1950. The average molecular weight is 1440 g/mol. The molecule has 2 aliphatic heterocycles. The SMILES string of the molecule is CCCCCCC/C=C\C/C=C\C/C=C\CCCCCCCCCCCCCCCCCCCCCCCCCCC(=O)NC(COC1OC(CO)C(OC2OC(CO)C(O)C(O)C2O)C(O)C1O)C(O)/C=C/CC/C=C/CCCCCCCCCCCCCCCCCCCCCCCCC. The van der Waals surface area contributed by atoms with Gasteiger partial charge in [0.1, 0.15) is 48.8 Å². The average Bonchev–Trinajstić information content (AvgIpc) is 0.790. The third-order valence-electron chi connectivity index (χ3n) is 21.2. The van der Waals surface area contributed by atoms with Gasteiger partial charge in [0.05, 0.1) is 32.0 Å². The number of ether oxygens (including phenoxy) is 4. The molecule has 2 heterocycles. The second-order valence-corrected chi connectivity index (χ2v) is 30.7. The van der Waals surface area contributed by atoms with E-state index < -0.39 is 86.8 Å². The van der Waals surface area contributed by atoms with Crippen molar-refractivity contribution in [2.45, 2.75) is 473 Å². The minimum Gasteiger partial charge on any atom is -0.394 e. The summed E-state index contributed by atoms with van der Waals surface area (Å²) in [5.41, 5.74) is 0. The number of carbonyl (C=O) groups is 1. The molecule has 0 radical (unpaired) electrons. The normalized spacial score (nSPS) is 21.9. The number of hydrogen-bond donors (Lipinski definition) is 9. The van der Waals surface area contributed by atoms with E-state index in [1.807, 2.05) is 6.08 Å². The smallest absolute Gasteiger partial charge is 0.220 e. The predicted molar refractivity (Wildman–Crippen MR) is 424 cm³/mol. The number of aliphatic hydroxyl groups is 8. The molecule has 0 saturated carbocycles.